The van der Waals surface area contributed by atoms with E-state index in [0.29, 0.717) is 0 Å². The third-order valence-corrected chi connectivity index (χ3v) is 6.79. The predicted molar refractivity (Wildman–Crippen MR) is 112 cm³/mol. The summed E-state index contributed by atoms with van der Waals surface area (Å²) in [7, 11) is -0.725. The zero-order valence-electron chi connectivity index (χ0n) is 15.0. The first-order valence-corrected chi connectivity index (χ1v) is 10.1. The minimum absolute atomic E-state index is 0.725. The van der Waals surface area contributed by atoms with Crippen molar-refractivity contribution in [3.05, 3.63) is 102 Å². The lowest BCUT2D eigenvalue weighted by Gasteiger charge is -2.20. The van der Waals surface area contributed by atoms with Crippen LogP contribution in [0.2, 0.25) is 0 Å². The lowest BCUT2D eigenvalue weighted by molar-refractivity contribution is 1.04. The fourth-order valence-electron chi connectivity index (χ4n) is 3.13. The molecule has 3 aromatic carbocycles. The molecule has 128 valence electrons. The molecular weight excluding hydrogens is 335 g/mol. The summed E-state index contributed by atoms with van der Waals surface area (Å²) in [6, 6.07) is 30.1. The van der Waals surface area contributed by atoms with Crippen LogP contribution in [0.4, 0.5) is 0 Å². The second-order valence-electron chi connectivity index (χ2n) is 6.38. The smallest absolute Gasteiger partial charge is 0.145 e. The van der Waals surface area contributed by atoms with Crippen LogP contribution >= 0.6 is 7.92 Å². The molecule has 2 nitrogen and oxygen atoms in total. The van der Waals surface area contributed by atoms with E-state index in [1.807, 2.05) is 6.20 Å². The van der Waals surface area contributed by atoms with Gasteiger partial charge in [0.05, 0.1) is 0 Å². The molecule has 3 heteroatoms. The lowest BCUT2D eigenvalue weighted by Crippen LogP contribution is -2.27. The number of imidazole rings is 1. The molecule has 0 atom stereocenters. The highest BCUT2D eigenvalue weighted by molar-refractivity contribution is 7.79. The number of rotatable bonds is 4. The van der Waals surface area contributed by atoms with Gasteiger partial charge in [-0.15, -0.1) is 0 Å². The van der Waals surface area contributed by atoms with Gasteiger partial charge in [0.1, 0.15) is 5.57 Å². The highest BCUT2D eigenvalue weighted by atomic mass is 31.1. The average molecular weight is 356 g/mol. The predicted octanol–water partition coefficient (Wildman–Crippen LogP) is 4.25. The fraction of sp³-hybridized carbons (Fsp3) is 0.0870. The standard InChI is InChI=1S/C23H21N2P/c1-18-13-15-20(16-14-18)25-19(2)17-24-23(25)26(21-9-5-3-6-10-21)22-11-7-4-8-12-22/h3-17H,1-2H3. The molecule has 1 aromatic heterocycles. The van der Waals surface area contributed by atoms with Gasteiger partial charge in [0.15, 0.2) is 0 Å². The van der Waals surface area contributed by atoms with Crippen LogP contribution in [0, 0.1) is 13.8 Å². The van der Waals surface area contributed by atoms with E-state index in [0.717, 1.165) is 11.3 Å². The van der Waals surface area contributed by atoms with E-state index in [-0.39, 0.29) is 0 Å². The summed E-state index contributed by atoms with van der Waals surface area (Å²) in [5.74, 6) is 0. The van der Waals surface area contributed by atoms with Gasteiger partial charge in [0, 0.05) is 25.5 Å². The van der Waals surface area contributed by atoms with E-state index in [9.17, 15) is 0 Å². The van der Waals surface area contributed by atoms with Gasteiger partial charge >= 0.3 is 0 Å². The van der Waals surface area contributed by atoms with Crippen LogP contribution in [0.1, 0.15) is 11.3 Å². The van der Waals surface area contributed by atoms with Crippen molar-refractivity contribution >= 4 is 24.1 Å². The lowest BCUT2D eigenvalue weighted by atomic mass is 10.2. The number of aryl methyl sites for hydroxylation is 2. The first-order chi connectivity index (χ1) is 12.7. The van der Waals surface area contributed by atoms with Crippen molar-refractivity contribution in [3.63, 3.8) is 0 Å². The average Bonchev–Trinajstić information content (AvgIpc) is 3.06. The number of nitrogens with zero attached hydrogens (tertiary/aromatic N) is 2. The van der Waals surface area contributed by atoms with Gasteiger partial charge in [-0.05, 0) is 36.6 Å². The third kappa shape index (κ3) is 3.21. The van der Waals surface area contributed by atoms with E-state index < -0.39 is 7.92 Å². The van der Waals surface area contributed by atoms with E-state index in [4.69, 9.17) is 4.98 Å². The Morgan fingerprint density at radius 3 is 1.77 bits per heavy atom. The number of hydrogen-bond acceptors (Lipinski definition) is 1. The first kappa shape index (κ1) is 16.8. The first-order valence-electron chi connectivity index (χ1n) is 8.75. The van der Waals surface area contributed by atoms with Crippen molar-refractivity contribution in [2.75, 3.05) is 0 Å². The van der Waals surface area contributed by atoms with Gasteiger partial charge in [0.2, 0.25) is 0 Å². The molecule has 0 aliphatic carbocycles. The second-order valence-corrected chi connectivity index (χ2v) is 8.48. The Labute approximate surface area is 155 Å². The zero-order valence-corrected chi connectivity index (χ0v) is 15.9. The maximum Gasteiger partial charge on any atom is 0.145 e. The normalized spacial score (nSPS) is 11.0. The van der Waals surface area contributed by atoms with Gasteiger partial charge in [-0.3, -0.25) is 4.57 Å². The fourth-order valence-corrected chi connectivity index (χ4v) is 5.48. The number of benzene rings is 3. The van der Waals surface area contributed by atoms with Crippen LogP contribution < -0.4 is 16.2 Å². The summed E-state index contributed by atoms with van der Waals surface area (Å²) in [5, 5.41) is 2.63. The van der Waals surface area contributed by atoms with Crippen LogP contribution in [0.5, 0.6) is 0 Å². The maximum atomic E-state index is 4.86. The van der Waals surface area contributed by atoms with E-state index >= 15 is 0 Å². The molecule has 0 aliphatic heterocycles. The summed E-state index contributed by atoms with van der Waals surface area (Å²) >= 11 is 0. The largest absolute Gasteiger partial charge is 0.297 e. The molecule has 0 fully saturated rings. The Kier molecular flexibility index (Phi) is 4.69. The molecular formula is C23H21N2P. The monoisotopic (exact) mass is 356 g/mol. The molecule has 1 heterocycles. The van der Waals surface area contributed by atoms with Crippen molar-refractivity contribution in [1.82, 2.24) is 9.55 Å². The summed E-state index contributed by atoms with van der Waals surface area (Å²) in [5.41, 5.74) is 4.70. The molecule has 26 heavy (non-hydrogen) atoms. The maximum absolute atomic E-state index is 4.86. The van der Waals surface area contributed by atoms with E-state index in [1.165, 1.54) is 21.9 Å². The highest BCUT2D eigenvalue weighted by Crippen LogP contribution is 2.33. The zero-order chi connectivity index (χ0) is 17.9. The molecule has 0 spiro atoms. The molecule has 0 saturated carbocycles. The Hall–Kier alpha value is -2.70. The molecule has 0 aliphatic rings. The molecule has 0 radical (unpaired) electrons. The molecule has 0 unspecified atom stereocenters. The van der Waals surface area contributed by atoms with Crippen molar-refractivity contribution in [2.24, 2.45) is 0 Å². The Morgan fingerprint density at radius 2 is 1.23 bits per heavy atom. The Morgan fingerprint density at radius 1 is 0.692 bits per heavy atom. The molecule has 0 bridgehead atoms. The van der Waals surface area contributed by atoms with Crippen molar-refractivity contribution in [2.45, 2.75) is 13.8 Å². The highest BCUT2D eigenvalue weighted by Gasteiger charge is 2.23. The summed E-state index contributed by atoms with van der Waals surface area (Å²) in [6.45, 7) is 4.24. The second kappa shape index (κ2) is 7.27. The topological polar surface area (TPSA) is 17.8 Å². The summed E-state index contributed by atoms with van der Waals surface area (Å²) in [6.07, 6.45) is 1.98. The van der Waals surface area contributed by atoms with Crippen LogP contribution in [0.3, 0.4) is 0 Å². The molecule has 0 saturated heterocycles. The Bertz CT molecular complexity index is 950. The van der Waals surface area contributed by atoms with Crippen LogP contribution in [0.25, 0.3) is 5.69 Å². The SMILES string of the molecule is Cc1ccc(-n2c(C)cnc2P(c2ccccc2)c2ccccc2)cc1. The molecule has 0 amide bonds. The van der Waals surface area contributed by atoms with Crippen molar-refractivity contribution in [1.29, 1.82) is 0 Å². The van der Waals surface area contributed by atoms with Gasteiger partial charge in [0.25, 0.3) is 0 Å². The molecule has 4 aromatic rings. The van der Waals surface area contributed by atoms with Crippen LogP contribution in [0.15, 0.2) is 91.1 Å². The Balaban J connectivity index is 1.92. The van der Waals surface area contributed by atoms with Gasteiger partial charge in [-0.2, -0.15) is 0 Å². The third-order valence-electron chi connectivity index (χ3n) is 4.44. The van der Waals surface area contributed by atoms with Crippen molar-refractivity contribution < 1.29 is 0 Å². The van der Waals surface area contributed by atoms with Crippen LogP contribution in [-0.2, 0) is 0 Å². The summed E-state index contributed by atoms with van der Waals surface area (Å²) in [4.78, 5) is 4.86. The van der Waals surface area contributed by atoms with Crippen LogP contribution in [-0.4, -0.2) is 9.55 Å². The van der Waals surface area contributed by atoms with E-state index in [1.54, 1.807) is 0 Å². The minimum atomic E-state index is -0.725. The van der Waals surface area contributed by atoms with Gasteiger partial charge < -0.3 is 0 Å². The summed E-state index contributed by atoms with van der Waals surface area (Å²) < 4.78 is 2.30. The van der Waals surface area contributed by atoms with Gasteiger partial charge in [-0.1, -0.05) is 78.4 Å². The number of hydrogen-bond donors (Lipinski definition) is 0. The molecule has 0 N–H and O–H groups in total. The quantitative estimate of drug-likeness (QED) is 0.500. The van der Waals surface area contributed by atoms with E-state index in [2.05, 4.69) is 103 Å². The molecule has 4 rings (SSSR count). The number of aromatic nitrogens is 2. The minimum Gasteiger partial charge on any atom is -0.297 e. The van der Waals surface area contributed by atoms with Gasteiger partial charge in [-0.25, -0.2) is 4.98 Å². The van der Waals surface area contributed by atoms with Crippen molar-refractivity contribution in [3.8, 4) is 5.69 Å².